The zero-order valence-corrected chi connectivity index (χ0v) is 9.98. The minimum Gasteiger partial charge on any atom is -0.469 e. The normalized spacial score (nSPS) is 9.86. The first-order chi connectivity index (χ1) is 6.76. The second-order valence-electron chi connectivity index (χ2n) is 2.83. The lowest BCUT2D eigenvalue weighted by molar-refractivity contribution is -0.139. The average Bonchev–Trinajstić information content (AvgIpc) is 2.19. The summed E-state index contributed by atoms with van der Waals surface area (Å²) in [5.74, 6) is -0.224. The van der Waals surface area contributed by atoms with Crippen LogP contribution in [0.1, 0.15) is 11.1 Å². The molecule has 0 spiro atoms. The van der Waals surface area contributed by atoms with E-state index in [-0.39, 0.29) is 5.97 Å². The van der Waals surface area contributed by atoms with Crippen molar-refractivity contribution in [2.45, 2.75) is 13.0 Å². The zero-order valence-electron chi connectivity index (χ0n) is 7.83. The van der Waals surface area contributed by atoms with Gasteiger partial charge in [-0.25, -0.2) is 0 Å². The van der Waals surface area contributed by atoms with E-state index in [1.165, 1.54) is 7.11 Å². The van der Waals surface area contributed by atoms with Gasteiger partial charge in [0.2, 0.25) is 0 Å². The third-order valence-electron chi connectivity index (χ3n) is 1.79. The van der Waals surface area contributed by atoms with Crippen LogP contribution in [0.15, 0.2) is 24.3 Å². The third kappa shape index (κ3) is 3.63. The topological polar surface area (TPSA) is 35.5 Å². The molecule has 0 fully saturated rings. The summed E-state index contributed by atoms with van der Waals surface area (Å²) in [6, 6.07) is 7.70. The highest BCUT2D eigenvalue weighted by atomic mass is 127. The molecule has 0 N–H and O–H groups in total. The van der Waals surface area contributed by atoms with E-state index in [1.807, 2.05) is 47.3 Å². The summed E-state index contributed by atoms with van der Waals surface area (Å²) in [6.45, 7) is 0.551. The minimum absolute atomic E-state index is 0.224. The first-order valence-electron chi connectivity index (χ1n) is 4.14. The van der Waals surface area contributed by atoms with Gasteiger partial charge < -0.3 is 7.80 Å². The Labute approximate surface area is 97.1 Å². The lowest BCUT2D eigenvalue weighted by atomic mass is 10.1. The number of halogens is 1. The molecule has 1 aromatic carbocycles. The Morgan fingerprint density at radius 2 is 2.14 bits per heavy atom. The predicted molar refractivity (Wildman–Crippen MR) is 61.0 cm³/mol. The highest BCUT2D eigenvalue weighted by Gasteiger charge is 2.03. The van der Waals surface area contributed by atoms with Gasteiger partial charge in [0.15, 0.2) is 0 Å². The zero-order chi connectivity index (χ0) is 10.4. The largest absolute Gasteiger partial charge is 0.469 e. The number of benzene rings is 1. The van der Waals surface area contributed by atoms with Crippen molar-refractivity contribution in [2.75, 3.05) is 7.11 Å². The molecule has 1 rings (SSSR count). The van der Waals surface area contributed by atoms with Crippen LogP contribution in [0.3, 0.4) is 0 Å². The average molecular weight is 306 g/mol. The van der Waals surface area contributed by atoms with E-state index in [9.17, 15) is 4.79 Å². The van der Waals surface area contributed by atoms with Gasteiger partial charge >= 0.3 is 5.97 Å². The number of carbonyl (C=O) groups excluding carboxylic acids is 1. The highest BCUT2D eigenvalue weighted by molar-refractivity contribution is 14.1. The molecule has 0 radical (unpaired) electrons. The number of methoxy groups -OCH3 is 1. The Balaban J connectivity index is 2.68. The third-order valence-corrected chi connectivity index (χ3v) is 2.10. The van der Waals surface area contributed by atoms with Crippen LogP contribution < -0.4 is 0 Å². The Bertz CT molecular complexity index is 312. The molecule has 0 aromatic heterocycles. The first kappa shape index (κ1) is 11.5. The van der Waals surface area contributed by atoms with Gasteiger partial charge in [-0.3, -0.25) is 4.79 Å². The SMILES string of the molecule is COC(=O)Cc1cccc(COI)c1. The van der Waals surface area contributed by atoms with E-state index in [0.717, 1.165) is 11.1 Å². The quantitative estimate of drug-likeness (QED) is 0.632. The molecule has 1 aromatic rings. The summed E-state index contributed by atoms with van der Waals surface area (Å²) in [5.41, 5.74) is 2.00. The molecule has 0 atom stereocenters. The van der Waals surface area contributed by atoms with E-state index in [4.69, 9.17) is 3.07 Å². The molecule has 0 amide bonds. The van der Waals surface area contributed by atoms with Crippen LogP contribution in [0.4, 0.5) is 0 Å². The van der Waals surface area contributed by atoms with Crippen LogP contribution in [0.2, 0.25) is 0 Å². The summed E-state index contributed by atoms with van der Waals surface area (Å²) in [7, 11) is 1.39. The van der Waals surface area contributed by atoms with Crippen molar-refractivity contribution in [1.29, 1.82) is 0 Å². The molecule has 0 bridgehead atoms. The Morgan fingerprint density at radius 1 is 1.43 bits per heavy atom. The van der Waals surface area contributed by atoms with Crippen molar-refractivity contribution < 1.29 is 12.6 Å². The van der Waals surface area contributed by atoms with Crippen LogP contribution in [0.5, 0.6) is 0 Å². The van der Waals surface area contributed by atoms with Crippen LogP contribution in [-0.2, 0) is 25.6 Å². The number of carbonyl (C=O) groups is 1. The van der Waals surface area contributed by atoms with Gasteiger partial charge in [0.1, 0.15) is 23.0 Å². The predicted octanol–water partition coefficient (Wildman–Crippen LogP) is 2.27. The molecule has 0 heterocycles. The number of esters is 1. The Kier molecular flexibility index (Phi) is 4.89. The van der Waals surface area contributed by atoms with Gasteiger partial charge in [-0.1, -0.05) is 24.3 Å². The lowest BCUT2D eigenvalue weighted by Gasteiger charge is -2.02. The molecular weight excluding hydrogens is 295 g/mol. The fraction of sp³-hybridized carbons (Fsp3) is 0.300. The monoisotopic (exact) mass is 306 g/mol. The summed E-state index contributed by atoms with van der Waals surface area (Å²) in [4.78, 5) is 11.0. The smallest absolute Gasteiger partial charge is 0.309 e. The number of ether oxygens (including phenoxy) is 1. The number of hydrogen-bond acceptors (Lipinski definition) is 3. The van der Waals surface area contributed by atoms with Crippen LogP contribution >= 0.6 is 23.0 Å². The molecule has 4 heteroatoms. The van der Waals surface area contributed by atoms with Crippen molar-refractivity contribution in [3.8, 4) is 0 Å². The van der Waals surface area contributed by atoms with Crippen molar-refractivity contribution in [1.82, 2.24) is 0 Å². The molecule has 76 valence electrons. The van der Waals surface area contributed by atoms with Crippen molar-refractivity contribution in [2.24, 2.45) is 0 Å². The summed E-state index contributed by atoms with van der Waals surface area (Å²) >= 11 is 1.84. The maximum atomic E-state index is 11.0. The molecule has 0 aliphatic carbocycles. The summed E-state index contributed by atoms with van der Waals surface area (Å²) in [6.07, 6.45) is 0.311. The maximum absolute atomic E-state index is 11.0. The fourth-order valence-electron chi connectivity index (χ4n) is 1.13. The van der Waals surface area contributed by atoms with Gasteiger partial charge in [0.05, 0.1) is 20.1 Å². The Morgan fingerprint density at radius 3 is 2.79 bits per heavy atom. The minimum atomic E-state index is -0.224. The number of rotatable bonds is 4. The van der Waals surface area contributed by atoms with Gasteiger partial charge in [-0.15, -0.1) is 0 Å². The van der Waals surface area contributed by atoms with Gasteiger partial charge in [0, 0.05) is 0 Å². The molecule has 14 heavy (non-hydrogen) atoms. The summed E-state index contributed by atoms with van der Waals surface area (Å²) < 4.78 is 9.55. The fourth-order valence-corrected chi connectivity index (χ4v) is 1.49. The van der Waals surface area contributed by atoms with Crippen molar-refractivity contribution in [3.05, 3.63) is 35.4 Å². The standard InChI is InChI=1S/C10H11IO3/c1-13-10(12)6-8-3-2-4-9(5-8)7-14-11/h2-5H,6-7H2,1H3. The maximum Gasteiger partial charge on any atom is 0.309 e. The van der Waals surface area contributed by atoms with Crippen molar-refractivity contribution >= 4 is 29.0 Å². The lowest BCUT2D eigenvalue weighted by Crippen LogP contribution is -2.04. The Hall–Kier alpha value is -0.620. The van der Waals surface area contributed by atoms with E-state index < -0.39 is 0 Å². The first-order valence-corrected chi connectivity index (χ1v) is 5.02. The van der Waals surface area contributed by atoms with Crippen LogP contribution in [0.25, 0.3) is 0 Å². The molecule has 0 unspecified atom stereocenters. The second-order valence-corrected chi connectivity index (χ2v) is 3.45. The van der Waals surface area contributed by atoms with E-state index in [2.05, 4.69) is 4.74 Å². The molecule has 0 saturated heterocycles. The molecule has 0 aliphatic heterocycles. The summed E-state index contributed by atoms with van der Waals surface area (Å²) in [5, 5.41) is 0. The van der Waals surface area contributed by atoms with Gasteiger partial charge in [-0.05, 0) is 11.1 Å². The van der Waals surface area contributed by atoms with E-state index >= 15 is 0 Å². The van der Waals surface area contributed by atoms with Crippen molar-refractivity contribution in [3.63, 3.8) is 0 Å². The van der Waals surface area contributed by atoms with Gasteiger partial charge in [0.25, 0.3) is 0 Å². The highest BCUT2D eigenvalue weighted by Crippen LogP contribution is 2.09. The number of hydrogen-bond donors (Lipinski definition) is 0. The molecule has 3 nitrogen and oxygen atoms in total. The van der Waals surface area contributed by atoms with Gasteiger partial charge in [-0.2, -0.15) is 0 Å². The molecule has 0 saturated carbocycles. The molecular formula is C10H11IO3. The van der Waals surface area contributed by atoms with Crippen LogP contribution in [0, 0.1) is 0 Å². The second kappa shape index (κ2) is 5.98. The van der Waals surface area contributed by atoms with Crippen LogP contribution in [-0.4, -0.2) is 13.1 Å². The van der Waals surface area contributed by atoms with E-state index in [1.54, 1.807) is 0 Å². The molecule has 0 aliphatic rings. The van der Waals surface area contributed by atoms with E-state index in [0.29, 0.717) is 13.0 Å².